The summed E-state index contributed by atoms with van der Waals surface area (Å²) in [6, 6.07) is 6.11. The molecule has 1 aromatic rings. The Morgan fingerprint density at radius 2 is 2.27 bits per heavy atom. The van der Waals surface area contributed by atoms with E-state index in [2.05, 4.69) is 32.6 Å². The minimum absolute atomic E-state index is 0.110. The van der Waals surface area contributed by atoms with Crippen molar-refractivity contribution in [3.63, 3.8) is 0 Å². The molecule has 0 bridgehead atoms. The smallest absolute Gasteiger partial charge is 0.224 e. The van der Waals surface area contributed by atoms with Crippen LogP contribution in [0.25, 0.3) is 0 Å². The fourth-order valence-electron chi connectivity index (χ4n) is 1.73. The molecule has 15 heavy (non-hydrogen) atoms. The van der Waals surface area contributed by atoms with Gasteiger partial charge >= 0.3 is 0 Å². The molecule has 1 aromatic carbocycles. The topological polar surface area (TPSA) is 41.1 Å². The first-order valence-electron chi connectivity index (χ1n) is 4.94. The van der Waals surface area contributed by atoms with Crippen molar-refractivity contribution >= 4 is 27.5 Å². The molecule has 4 heteroatoms. The molecule has 0 saturated carbocycles. The first kappa shape index (κ1) is 10.6. The van der Waals surface area contributed by atoms with Crippen LogP contribution in [-0.4, -0.2) is 13.0 Å². The van der Waals surface area contributed by atoms with Crippen molar-refractivity contribution in [1.29, 1.82) is 0 Å². The molecule has 1 amide bonds. The van der Waals surface area contributed by atoms with Gasteiger partial charge in [-0.1, -0.05) is 28.1 Å². The van der Waals surface area contributed by atoms with Gasteiger partial charge in [0, 0.05) is 12.1 Å². The molecule has 0 radical (unpaired) electrons. The molecular weight excluding hydrogens is 256 g/mol. The van der Waals surface area contributed by atoms with Gasteiger partial charge in [-0.15, -0.1) is 0 Å². The van der Waals surface area contributed by atoms with Crippen molar-refractivity contribution in [3.05, 3.63) is 29.3 Å². The molecule has 80 valence electrons. The largest absolute Gasteiger partial charge is 0.326 e. The molecule has 1 aliphatic heterocycles. The van der Waals surface area contributed by atoms with Crippen molar-refractivity contribution in [2.24, 2.45) is 0 Å². The number of fused-ring (bicyclic) bond motifs is 1. The molecule has 0 fully saturated rings. The zero-order valence-electron chi connectivity index (χ0n) is 8.51. The number of nitrogens with one attached hydrogen (secondary N) is 2. The van der Waals surface area contributed by atoms with Gasteiger partial charge in [-0.25, -0.2) is 0 Å². The fourth-order valence-corrected chi connectivity index (χ4v) is 2.01. The quantitative estimate of drug-likeness (QED) is 0.638. The Morgan fingerprint density at radius 1 is 1.47 bits per heavy atom. The number of hydrogen-bond acceptors (Lipinski definition) is 2. The van der Waals surface area contributed by atoms with Gasteiger partial charge in [-0.3, -0.25) is 4.79 Å². The predicted octanol–water partition coefficient (Wildman–Crippen LogP) is 2.18. The van der Waals surface area contributed by atoms with E-state index in [4.69, 9.17) is 0 Å². The lowest BCUT2D eigenvalue weighted by Gasteiger charge is -2.19. The molecule has 2 N–H and O–H groups in total. The minimum atomic E-state index is 0.110. The van der Waals surface area contributed by atoms with Crippen LogP contribution >= 0.6 is 15.9 Å². The maximum atomic E-state index is 11.2. The molecule has 0 spiro atoms. The van der Waals surface area contributed by atoms with E-state index in [-0.39, 0.29) is 10.9 Å². The molecule has 1 heterocycles. The van der Waals surface area contributed by atoms with Crippen LogP contribution in [0.4, 0.5) is 5.69 Å². The SMILES string of the molecule is CNC(Br)c1ccc2c(c1)CCC(=O)N2. The highest BCUT2D eigenvalue weighted by atomic mass is 79.9. The van der Waals surface area contributed by atoms with Crippen LogP contribution < -0.4 is 10.6 Å². The summed E-state index contributed by atoms with van der Waals surface area (Å²) in [5.41, 5.74) is 3.35. The molecule has 3 nitrogen and oxygen atoms in total. The number of carbonyl (C=O) groups excluding carboxylic acids is 1. The second kappa shape index (κ2) is 4.33. The third-order valence-electron chi connectivity index (χ3n) is 2.57. The van der Waals surface area contributed by atoms with E-state index in [0.717, 1.165) is 12.1 Å². The number of alkyl halides is 1. The predicted molar refractivity (Wildman–Crippen MR) is 64.1 cm³/mol. The summed E-state index contributed by atoms with van der Waals surface area (Å²) in [5.74, 6) is 0.110. The Balaban J connectivity index is 2.30. The third-order valence-corrected chi connectivity index (χ3v) is 3.56. The maximum Gasteiger partial charge on any atom is 0.224 e. The van der Waals surface area contributed by atoms with Gasteiger partial charge in [0.1, 0.15) is 0 Å². The standard InChI is InChI=1S/C11H13BrN2O/c1-13-11(12)8-2-4-9-7(6-8)3-5-10(15)14-9/h2,4,6,11,13H,3,5H2,1H3,(H,14,15). The van der Waals surface area contributed by atoms with E-state index < -0.39 is 0 Å². The van der Waals surface area contributed by atoms with Crippen LogP contribution in [0, 0.1) is 0 Å². The van der Waals surface area contributed by atoms with Gasteiger partial charge in [0.2, 0.25) is 5.91 Å². The van der Waals surface area contributed by atoms with Crippen LogP contribution in [0.15, 0.2) is 18.2 Å². The highest BCUT2D eigenvalue weighted by molar-refractivity contribution is 9.09. The van der Waals surface area contributed by atoms with E-state index >= 15 is 0 Å². The second-order valence-corrected chi connectivity index (χ2v) is 4.53. The Hall–Kier alpha value is -0.870. The number of aryl methyl sites for hydroxylation is 1. The molecule has 0 aliphatic carbocycles. The lowest BCUT2D eigenvalue weighted by atomic mass is 10.0. The normalized spacial score (nSPS) is 16.8. The lowest BCUT2D eigenvalue weighted by Crippen LogP contribution is -2.19. The third kappa shape index (κ3) is 2.21. The number of halogens is 1. The summed E-state index contributed by atoms with van der Waals surface area (Å²) >= 11 is 3.53. The summed E-state index contributed by atoms with van der Waals surface area (Å²) in [6.45, 7) is 0. The molecule has 1 atom stereocenters. The van der Waals surface area contributed by atoms with Crippen molar-refractivity contribution in [2.75, 3.05) is 12.4 Å². The molecular formula is C11H13BrN2O. The fraction of sp³-hybridized carbons (Fsp3) is 0.364. The zero-order valence-corrected chi connectivity index (χ0v) is 10.1. The molecule has 1 unspecified atom stereocenters. The first-order valence-corrected chi connectivity index (χ1v) is 5.86. The number of amides is 1. The van der Waals surface area contributed by atoms with Crippen LogP contribution in [0.3, 0.4) is 0 Å². The average molecular weight is 269 g/mol. The van der Waals surface area contributed by atoms with Gasteiger partial charge in [0.25, 0.3) is 0 Å². The first-order chi connectivity index (χ1) is 7.20. The monoisotopic (exact) mass is 268 g/mol. The van der Waals surface area contributed by atoms with Gasteiger partial charge in [-0.2, -0.15) is 0 Å². The number of benzene rings is 1. The van der Waals surface area contributed by atoms with Crippen LogP contribution in [0.2, 0.25) is 0 Å². The van der Waals surface area contributed by atoms with Crippen molar-refractivity contribution in [3.8, 4) is 0 Å². The van der Waals surface area contributed by atoms with Gasteiger partial charge in [-0.05, 0) is 30.7 Å². The van der Waals surface area contributed by atoms with Crippen molar-refractivity contribution in [1.82, 2.24) is 5.32 Å². The average Bonchev–Trinajstić information content (AvgIpc) is 2.27. The summed E-state index contributed by atoms with van der Waals surface area (Å²) in [6.07, 6.45) is 1.42. The number of anilines is 1. The Kier molecular flexibility index (Phi) is 3.07. The molecule has 1 aliphatic rings. The van der Waals surface area contributed by atoms with E-state index in [0.29, 0.717) is 6.42 Å². The number of hydrogen-bond donors (Lipinski definition) is 2. The lowest BCUT2D eigenvalue weighted by molar-refractivity contribution is -0.116. The molecule has 0 aromatic heterocycles. The van der Waals surface area contributed by atoms with Gasteiger partial charge < -0.3 is 10.6 Å². The summed E-state index contributed by atoms with van der Waals surface area (Å²) in [4.78, 5) is 11.3. The second-order valence-electron chi connectivity index (χ2n) is 3.62. The van der Waals surface area contributed by atoms with E-state index in [1.54, 1.807) is 0 Å². The summed E-state index contributed by atoms with van der Waals surface area (Å²) in [5, 5.41) is 6.00. The maximum absolute atomic E-state index is 11.2. The molecule has 0 saturated heterocycles. The Labute approximate surface area is 97.4 Å². The Bertz CT molecular complexity index is 392. The summed E-state index contributed by atoms with van der Waals surface area (Å²) < 4.78 is 0. The minimum Gasteiger partial charge on any atom is -0.326 e. The van der Waals surface area contributed by atoms with Crippen LogP contribution in [0.5, 0.6) is 0 Å². The number of rotatable bonds is 2. The zero-order chi connectivity index (χ0) is 10.8. The van der Waals surface area contributed by atoms with Crippen LogP contribution in [0.1, 0.15) is 22.5 Å². The highest BCUT2D eigenvalue weighted by Crippen LogP contribution is 2.27. The molecule has 2 rings (SSSR count). The van der Waals surface area contributed by atoms with E-state index in [1.165, 1.54) is 11.1 Å². The van der Waals surface area contributed by atoms with E-state index in [1.807, 2.05) is 19.2 Å². The van der Waals surface area contributed by atoms with Gasteiger partial charge in [0.05, 0.1) is 4.95 Å². The van der Waals surface area contributed by atoms with Crippen molar-refractivity contribution in [2.45, 2.75) is 17.8 Å². The Morgan fingerprint density at radius 3 is 3.00 bits per heavy atom. The highest BCUT2D eigenvalue weighted by Gasteiger charge is 2.15. The van der Waals surface area contributed by atoms with Crippen molar-refractivity contribution < 1.29 is 4.79 Å². The van der Waals surface area contributed by atoms with Gasteiger partial charge in [0.15, 0.2) is 0 Å². The van der Waals surface area contributed by atoms with Crippen LogP contribution in [-0.2, 0) is 11.2 Å². The van der Waals surface area contributed by atoms with E-state index in [9.17, 15) is 4.79 Å². The summed E-state index contributed by atoms with van der Waals surface area (Å²) in [7, 11) is 1.90. The number of carbonyl (C=O) groups is 1.